The third-order valence-corrected chi connectivity index (χ3v) is 3.58. The first-order chi connectivity index (χ1) is 10.1. The molecule has 6 nitrogen and oxygen atoms in total. The molecular formula is C15H15N3O3. The van der Waals surface area contributed by atoms with Gasteiger partial charge in [0.05, 0.1) is 5.69 Å². The zero-order chi connectivity index (χ0) is 14.8. The summed E-state index contributed by atoms with van der Waals surface area (Å²) in [5.74, 6) is -0.945. The first kappa shape index (κ1) is 13.4. The molecular weight excluding hydrogens is 270 g/mol. The van der Waals surface area contributed by atoms with E-state index in [1.54, 1.807) is 24.5 Å². The van der Waals surface area contributed by atoms with Crippen molar-refractivity contribution in [2.24, 2.45) is 5.92 Å². The second-order valence-corrected chi connectivity index (χ2v) is 5.15. The first-order valence-electron chi connectivity index (χ1n) is 6.78. The number of pyridine rings is 1. The lowest BCUT2D eigenvalue weighted by atomic mass is 10.1. The number of benzene rings is 1. The Bertz CT molecular complexity index is 692. The summed E-state index contributed by atoms with van der Waals surface area (Å²) in [6.45, 7) is 0. The number of hydrogen-bond acceptors (Lipinski definition) is 3. The molecule has 0 bridgehead atoms. The largest absolute Gasteiger partial charge is 0.480 e. The van der Waals surface area contributed by atoms with Crippen LogP contribution in [0, 0.1) is 5.92 Å². The van der Waals surface area contributed by atoms with Crippen molar-refractivity contribution in [1.29, 1.82) is 0 Å². The number of nitrogens with zero attached hydrogens (tertiary/aromatic N) is 1. The number of carbonyl (C=O) groups is 2. The molecule has 6 heteroatoms. The van der Waals surface area contributed by atoms with Crippen LogP contribution in [-0.4, -0.2) is 28.1 Å². The van der Waals surface area contributed by atoms with Gasteiger partial charge in [0.25, 0.3) is 0 Å². The summed E-state index contributed by atoms with van der Waals surface area (Å²) < 4.78 is 0. The highest BCUT2D eigenvalue weighted by Gasteiger charge is 2.37. The number of aliphatic carboxylic acids is 1. The number of fused-ring (bicyclic) bond motifs is 1. The van der Waals surface area contributed by atoms with Gasteiger partial charge in [0.2, 0.25) is 0 Å². The Hall–Kier alpha value is -2.63. The van der Waals surface area contributed by atoms with Gasteiger partial charge in [-0.3, -0.25) is 4.98 Å². The van der Waals surface area contributed by atoms with E-state index in [1.165, 1.54) is 0 Å². The maximum Gasteiger partial charge on any atom is 0.326 e. The second kappa shape index (κ2) is 5.40. The minimum absolute atomic E-state index is 0.0463. The van der Waals surface area contributed by atoms with Gasteiger partial charge in [-0.05, 0) is 30.9 Å². The van der Waals surface area contributed by atoms with Crippen LogP contribution in [0.3, 0.4) is 0 Å². The molecule has 1 aromatic heterocycles. The normalized spacial score (nSPS) is 15.4. The minimum atomic E-state index is -0.991. The van der Waals surface area contributed by atoms with Crippen molar-refractivity contribution in [3.05, 3.63) is 36.7 Å². The molecule has 1 aromatic carbocycles. The third kappa shape index (κ3) is 2.94. The van der Waals surface area contributed by atoms with Crippen molar-refractivity contribution in [3.8, 4) is 0 Å². The average molecular weight is 285 g/mol. The monoisotopic (exact) mass is 285 g/mol. The topological polar surface area (TPSA) is 91.3 Å². The van der Waals surface area contributed by atoms with Crippen LogP contribution in [0.2, 0.25) is 0 Å². The highest BCUT2D eigenvalue weighted by Crippen LogP contribution is 2.32. The van der Waals surface area contributed by atoms with Crippen molar-refractivity contribution in [1.82, 2.24) is 10.3 Å². The summed E-state index contributed by atoms with van der Waals surface area (Å²) in [5.41, 5.74) is 0.632. The number of urea groups is 1. The van der Waals surface area contributed by atoms with Crippen LogP contribution in [-0.2, 0) is 4.79 Å². The van der Waals surface area contributed by atoms with Crippen LogP contribution in [0.1, 0.15) is 12.8 Å². The molecule has 1 unspecified atom stereocenters. The molecule has 21 heavy (non-hydrogen) atoms. The standard InChI is InChI=1S/C15H15N3O3/c19-14(20)13(9-4-5-9)18-15(21)17-12-3-1-2-10-8-16-7-6-11(10)12/h1-3,6-9,13H,4-5H2,(H,19,20)(H2,17,18,21). The summed E-state index contributed by atoms with van der Waals surface area (Å²) in [4.78, 5) is 27.2. The van der Waals surface area contributed by atoms with Crippen LogP contribution in [0.25, 0.3) is 10.8 Å². The van der Waals surface area contributed by atoms with Gasteiger partial charge in [-0.25, -0.2) is 9.59 Å². The molecule has 108 valence electrons. The number of carbonyl (C=O) groups excluding carboxylic acids is 1. The van der Waals surface area contributed by atoms with Crippen LogP contribution in [0.4, 0.5) is 10.5 Å². The molecule has 3 rings (SSSR count). The highest BCUT2D eigenvalue weighted by atomic mass is 16.4. The average Bonchev–Trinajstić information content (AvgIpc) is 3.29. The van der Waals surface area contributed by atoms with Crippen LogP contribution in [0.5, 0.6) is 0 Å². The van der Waals surface area contributed by atoms with E-state index < -0.39 is 18.0 Å². The molecule has 1 aliphatic carbocycles. The molecule has 0 radical (unpaired) electrons. The molecule has 1 aliphatic rings. The fourth-order valence-corrected chi connectivity index (χ4v) is 2.34. The summed E-state index contributed by atoms with van der Waals surface area (Å²) in [7, 11) is 0. The van der Waals surface area contributed by atoms with Gasteiger partial charge in [0, 0.05) is 23.2 Å². The quantitative estimate of drug-likeness (QED) is 0.803. The first-order valence-corrected chi connectivity index (χ1v) is 6.78. The molecule has 2 aromatic rings. The fraction of sp³-hybridized carbons (Fsp3) is 0.267. The Morgan fingerprint density at radius 3 is 2.81 bits per heavy atom. The van der Waals surface area contributed by atoms with E-state index in [0.717, 1.165) is 23.6 Å². The van der Waals surface area contributed by atoms with Gasteiger partial charge in [-0.2, -0.15) is 0 Å². The predicted molar refractivity (Wildman–Crippen MR) is 78.0 cm³/mol. The zero-order valence-electron chi connectivity index (χ0n) is 11.2. The minimum Gasteiger partial charge on any atom is -0.480 e. The smallest absolute Gasteiger partial charge is 0.326 e. The molecule has 1 atom stereocenters. The number of amides is 2. The molecule has 1 fully saturated rings. The maximum absolute atomic E-state index is 12.0. The lowest BCUT2D eigenvalue weighted by molar-refractivity contribution is -0.139. The van der Waals surface area contributed by atoms with Gasteiger partial charge < -0.3 is 15.7 Å². The lowest BCUT2D eigenvalue weighted by Gasteiger charge is -2.15. The van der Waals surface area contributed by atoms with E-state index >= 15 is 0 Å². The maximum atomic E-state index is 12.0. The third-order valence-electron chi connectivity index (χ3n) is 3.58. The zero-order valence-corrected chi connectivity index (χ0v) is 11.2. The van der Waals surface area contributed by atoms with Crippen molar-refractivity contribution < 1.29 is 14.7 Å². The van der Waals surface area contributed by atoms with Crippen molar-refractivity contribution in [2.75, 3.05) is 5.32 Å². The Morgan fingerprint density at radius 1 is 1.29 bits per heavy atom. The van der Waals surface area contributed by atoms with Crippen LogP contribution >= 0.6 is 0 Å². The molecule has 3 N–H and O–H groups in total. The molecule has 0 saturated heterocycles. The van der Waals surface area contributed by atoms with E-state index in [2.05, 4.69) is 15.6 Å². The van der Waals surface area contributed by atoms with Gasteiger partial charge >= 0.3 is 12.0 Å². The Kier molecular flexibility index (Phi) is 3.43. The molecule has 0 aliphatic heterocycles. The van der Waals surface area contributed by atoms with Crippen LogP contribution < -0.4 is 10.6 Å². The number of aromatic nitrogens is 1. The number of carboxylic acid groups (broad SMARTS) is 1. The van der Waals surface area contributed by atoms with Crippen molar-refractivity contribution in [3.63, 3.8) is 0 Å². The number of carboxylic acids is 1. The Labute approximate surface area is 121 Å². The van der Waals surface area contributed by atoms with Crippen molar-refractivity contribution >= 4 is 28.5 Å². The van der Waals surface area contributed by atoms with Crippen molar-refractivity contribution in [2.45, 2.75) is 18.9 Å². The number of hydrogen-bond donors (Lipinski definition) is 3. The second-order valence-electron chi connectivity index (χ2n) is 5.15. The van der Waals surface area contributed by atoms with Gasteiger partial charge in [0.15, 0.2) is 0 Å². The van der Waals surface area contributed by atoms with E-state index in [9.17, 15) is 9.59 Å². The number of anilines is 1. The predicted octanol–water partition coefficient (Wildman–Crippen LogP) is 2.22. The lowest BCUT2D eigenvalue weighted by Crippen LogP contribution is -2.44. The van der Waals surface area contributed by atoms with Gasteiger partial charge in [-0.1, -0.05) is 12.1 Å². The molecule has 1 saturated carbocycles. The molecule has 0 spiro atoms. The SMILES string of the molecule is O=C(Nc1cccc2cnccc12)NC(C(=O)O)C1CC1. The van der Waals surface area contributed by atoms with E-state index in [-0.39, 0.29) is 5.92 Å². The van der Waals surface area contributed by atoms with Gasteiger partial charge in [0.1, 0.15) is 6.04 Å². The summed E-state index contributed by atoms with van der Waals surface area (Å²) in [6.07, 6.45) is 5.05. The Balaban J connectivity index is 1.75. The van der Waals surface area contributed by atoms with Crippen LogP contribution in [0.15, 0.2) is 36.7 Å². The molecule has 1 heterocycles. The summed E-state index contributed by atoms with van der Waals surface area (Å²) >= 11 is 0. The number of nitrogens with one attached hydrogen (secondary N) is 2. The van der Waals surface area contributed by atoms with E-state index in [4.69, 9.17) is 5.11 Å². The van der Waals surface area contributed by atoms with E-state index in [0.29, 0.717) is 5.69 Å². The summed E-state index contributed by atoms with van der Waals surface area (Å²) in [6, 6.07) is 5.97. The highest BCUT2D eigenvalue weighted by molar-refractivity contribution is 6.02. The van der Waals surface area contributed by atoms with E-state index in [1.807, 2.05) is 12.1 Å². The number of rotatable bonds is 4. The van der Waals surface area contributed by atoms with Gasteiger partial charge in [-0.15, -0.1) is 0 Å². The molecule has 2 amide bonds. The fourth-order valence-electron chi connectivity index (χ4n) is 2.34. The Morgan fingerprint density at radius 2 is 2.10 bits per heavy atom. The summed E-state index contributed by atoms with van der Waals surface area (Å²) in [5, 5.41) is 16.1.